The topological polar surface area (TPSA) is 29.1 Å². The molecule has 1 aliphatic carbocycles. The van der Waals surface area contributed by atoms with Crippen molar-refractivity contribution in [2.45, 2.75) is 34.1 Å². The predicted octanol–water partition coefficient (Wildman–Crippen LogP) is 4.17. The first kappa shape index (κ1) is 13.9. The molecule has 1 N–H and O–H groups in total. The third-order valence-corrected chi connectivity index (χ3v) is 4.22. The summed E-state index contributed by atoms with van der Waals surface area (Å²) in [6, 6.07) is 7.94. The number of carbonyl (C=O) groups is 1. The molecule has 1 saturated carbocycles. The SMILES string of the molecule is C=C(C)CC1C(C(=O)Nc2ccc(C)cc2)C1(C)C. The van der Waals surface area contributed by atoms with Crippen molar-refractivity contribution in [2.75, 3.05) is 5.32 Å². The molecule has 2 atom stereocenters. The van der Waals surface area contributed by atoms with Crippen LogP contribution < -0.4 is 5.32 Å². The van der Waals surface area contributed by atoms with Gasteiger partial charge in [-0.15, -0.1) is 6.58 Å². The second kappa shape index (κ2) is 4.84. The summed E-state index contributed by atoms with van der Waals surface area (Å²) in [5.74, 6) is 0.668. The Kier molecular flexibility index (Phi) is 3.53. The number of allylic oxidation sites excluding steroid dienone is 1. The molecule has 2 unspecified atom stereocenters. The Bertz CT molecular complexity index is 498. The van der Waals surface area contributed by atoms with Crippen LogP contribution in [-0.2, 0) is 4.79 Å². The third kappa shape index (κ3) is 2.89. The summed E-state index contributed by atoms with van der Waals surface area (Å²) >= 11 is 0. The van der Waals surface area contributed by atoms with E-state index >= 15 is 0 Å². The van der Waals surface area contributed by atoms with Gasteiger partial charge >= 0.3 is 0 Å². The molecule has 2 nitrogen and oxygen atoms in total. The largest absolute Gasteiger partial charge is 0.326 e. The van der Waals surface area contributed by atoms with Gasteiger partial charge < -0.3 is 5.32 Å². The number of amides is 1. The zero-order valence-corrected chi connectivity index (χ0v) is 12.3. The fourth-order valence-corrected chi connectivity index (χ4v) is 2.88. The summed E-state index contributed by atoms with van der Waals surface area (Å²) in [6.45, 7) is 12.4. The molecule has 0 saturated heterocycles. The average Bonchev–Trinajstić information content (AvgIpc) is 2.83. The molecule has 0 bridgehead atoms. The summed E-state index contributed by atoms with van der Waals surface area (Å²) in [4.78, 5) is 12.3. The summed E-state index contributed by atoms with van der Waals surface area (Å²) in [7, 11) is 0. The van der Waals surface area contributed by atoms with Gasteiger partial charge in [0, 0.05) is 11.6 Å². The number of hydrogen-bond donors (Lipinski definition) is 1. The van der Waals surface area contributed by atoms with E-state index in [-0.39, 0.29) is 17.2 Å². The lowest BCUT2D eigenvalue weighted by molar-refractivity contribution is -0.118. The van der Waals surface area contributed by atoms with Crippen molar-refractivity contribution < 1.29 is 4.79 Å². The van der Waals surface area contributed by atoms with Gasteiger partial charge in [0.25, 0.3) is 0 Å². The summed E-state index contributed by atoms with van der Waals surface area (Å²) in [5, 5.41) is 3.02. The van der Waals surface area contributed by atoms with Crippen molar-refractivity contribution in [1.29, 1.82) is 0 Å². The maximum atomic E-state index is 12.3. The molecule has 102 valence electrons. The molecular formula is C17H23NO. The molecule has 1 aliphatic rings. The van der Waals surface area contributed by atoms with Crippen LogP contribution in [0.1, 0.15) is 32.8 Å². The lowest BCUT2D eigenvalue weighted by atomic mass is 10.0. The summed E-state index contributed by atoms with van der Waals surface area (Å²) in [6.07, 6.45) is 0.943. The van der Waals surface area contributed by atoms with Crippen LogP contribution in [0.2, 0.25) is 0 Å². The predicted molar refractivity (Wildman–Crippen MR) is 80.0 cm³/mol. The van der Waals surface area contributed by atoms with E-state index in [0.29, 0.717) is 5.92 Å². The van der Waals surface area contributed by atoms with Crippen molar-refractivity contribution >= 4 is 11.6 Å². The lowest BCUT2D eigenvalue weighted by Gasteiger charge is -2.06. The minimum absolute atomic E-state index is 0.0910. The molecule has 1 fully saturated rings. The van der Waals surface area contributed by atoms with E-state index in [2.05, 4.69) is 25.7 Å². The van der Waals surface area contributed by atoms with Crippen molar-refractivity contribution in [1.82, 2.24) is 0 Å². The van der Waals surface area contributed by atoms with E-state index in [1.165, 1.54) is 5.56 Å². The molecule has 0 aliphatic heterocycles. The average molecular weight is 257 g/mol. The quantitative estimate of drug-likeness (QED) is 0.806. The Balaban J connectivity index is 2.01. The zero-order chi connectivity index (χ0) is 14.2. The minimum Gasteiger partial charge on any atom is -0.326 e. The molecule has 19 heavy (non-hydrogen) atoms. The molecule has 0 radical (unpaired) electrons. The number of anilines is 1. The highest BCUT2D eigenvalue weighted by atomic mass is 16.2. The molecule has 2 heteroatoms. The Morgan fingerprint density at radius 3 is 2.42 bits per heavy atom. The van der Waals surface area contributed by atoms with Crippen LogP contribution in [0.3, 0.4) is 0 Å². The first-order chi connectivity index (χ1) is 8.82. The van der Waals surface area contributed by atoms with Crippen molar-refractivity contribution in [3.05, 3.63) is 42.0 Å². The summed E-state index contributed by atoms with van der Waals surface area (Å²) in [5.41, 5.74) is 3.33. The smallest absolute Gasteiger partial charge is 0.228 e. The van der Waals surface area contributed by atoms with E-state index in [0.717, 1.165) is 17.7 Å². The Morgan fingerprint density at radius 1 is 1.32 bits per heavy atom. The van der Waals surface area contributed by atoms with E-state index < -0.39 is 0 Å². The van der Waals surface area contributed by atoms with Crippen molar-refractivity contribution in [2.24, 2.45) is 17.3 Å². The third-order valence-electron chi connectivity index (χ3n) is 4.22. The van der Waals surface area contributed by atoms with Crippen molar-refractivity contribution in [3.8, 4) is 0 Å². The van der Waals surface area contributed by atoms with Gasteiger partial charge in [-0.05, 0) is 43.7 Å². The first-order valence-electron chi connectivity index (χ1n) is 6.84. The van der Waals surface area contributed by atoms with E-state index in [1.54, 1.807) is 0 Å². The molecule has 0 heterocycles. The van der Waals surface area contributed by atoms with Gasteiger partial charge in [-0.25, -0.2) is 0 Å². The highest BCUT2D eigenvalue weighted by Gasteiger charge is 2.60. The number of rotatable bonds is 4. The van der Waals surface area contributed by atoms with Crippen LogP contribution in [0.15, 0.2) is 36.4 Å². The van der Waals surface area contributed by atoms with Gasteiger partial charge in [0.2, 0.25) is 5.91 Å². The van der Waals surface area contributed by atoms with Crippen LogP contribution in [0.4, 0.5) is 5.69 Å². The van der Waals surface area contributed by atoms with Gasteiger partial charge in [-0.3, -0.25) is 4.79 Å². The number of nitrogens with one attached hydrogen (secondary N) is 1. The second-order valence-corrected chi connectivity index (χ2v) is 6.42. The lowest BCUT2D eigenvalue weighted by Crippen LogP contribution is -2.16. The van der Waals surface area contributed by atoms with Gasteiger partial charge in [0.15, 0.2) is 0 Å². The number of aryl methyl sites for hydroxylation is 1. The molecule has 2 rings (SSSR count). The normalized spacial score (nSPS) is 23.8. The van der Waals surface area contributed by atoms with E-state index in [4.69, 9.17) is 0 Å². The zero-order valence-electron chi connectivity index (χ0n) is 12.3. The van der Waals surface area contributed by atoms with E-state index in [9.17, 15) is 4.79 Å². The molecule has 0 aromatic heterocycles. The number of carbonyl (C=O) groups excluding carboxylic acids is 1. The van der Waals surface area contributed by atoms with E-state index in [1.807, 2.05) is 38.1 Å². The Hall–Kier alpha value is -1.57. The maximum Gasteiger partial charge on any atom is 0.228 e. The van der Waals surface area contributed by atoms with Crippen LogP contribution in [0.25, 0.3) is 0 Å². The van der Waals surface area contributed by atoms with Gasteiger partial charge in [-0.1, -0.05) is 37.1 Å². The standard InChI is InChI=1S/C17H23NO/c1-11(2)10-14-15(17(14,4)5)16(19)18-13-8-6-12(3)7-9-13/h6-9,14-15H,1,10H2,2-5H3,(H,18,19). The monoisotopic (exact) mass is 257 g/mol. The molecular weight excluding hydrogens is 234 g/mol. The Labute approximate surface area is 115 Å². The maximum absolute atomic E-state index is 12.3. The molecule has 1 amide bonds. The number of benzene rings is 1. The second-order valence-electron chi connectivity index (χ2n) is 6.42. The van der Waals surface area contributed by atoms with Gasteiger partial charge in [0.1, 0.15) is 0 Å². The molecule has 1 aromatic carbocycles. The highest BCUT2D eigenvalue weighted by Crippen LogP contribution is 2.61. The van der Waals surface area contributed by atoms with Crippen LogP contribution >= 0.6 is 0 Å². The van der Waals surface area contributed by atoms with Crippen LogP contribution in [0, 0.1) is 24.2 Å². The molecule has 1 aromatic rings. The van der Waals surface area contributed by atoms with Crippen LogP contribution in [-0.4, -0.2) is 5.91 Å². The van der Waals surface area contributed by atoms with Gasteiger partial charge in [0.05, 0.1) is 0 Å². The highest BCUT2D eigenvalue weighted by molar-refractivity contribution is 5.95. The molecule has 0 spiro atoms. The Morgan fingerprint density at radius 2 is 1.89 bits per heavy atom. The fourth-order valence-electron chi connectivity index (χ4n) is 2.88. The first-order valence-corrected chi connectivity index (χ1v) is 6.84. The van der Waals surface area contributed by atoms with Gasteiger partial charge in [-0.2, -0.15) is 0 Å². The van der Waals surface area contributed by atoms with Crippen molar-refractivity contribution in [3.63, 3.8) is 0 Å². The fraction of sp³-hybridized carbons (Fsp3) is 0.471. The van der Waals surface area contributed by atoms with Crippen LogP contribution in [0.5, 0.6) is 0 Å². The minimum atomic E-state index is 0.0910. The number of hydrogen-bond acceptors (Lipinski definition) is 1. The summed E-state index contributed by atoms with van der Waals surface area (Å²) < 4.78 is 0.